The molecular weight excluding hydrogens is 256 g/mol. The van der Waals surface area contributed by atoms with Crippen LogP contribution in [0.15, 0.2) is 42.7 Å². The van der Waals surface area contributed by atoms with Crippen molar-refractivity contribution in [2.75, 3.05) is 13.6 Å². The monoisotopic (exact) mass is 272 g/mol. The summed E-state index contributed by atoms with van der Waals surface area (Å²) in [5.74, 6) is 0. The molecule has 6 heteroatoms. The average molecular weight is 272 g/mol. The molecule has 104 valence electrons. The normalized spacial score (nSPS) is 11.1. The van der Waals surface area contributed by atoms with Crippen molar-refractivity contribution in [3.8, 4) is 5.69 Å². The van der Waals surface area contributed by atoms with Crippen molar-refractivity contribution >= 4 is 11.8 Å². The zero-order chi connectivity index (χ0) is 14.4. The van der Waals surface area contributed by atoms with Gasteiger partial charge in [0, 0.05) is 17.8 Å². The molecule has 0 saturated heterocycles. The minimum atomic E-state index is -0.403. The molecule has 6 nitrogen and oxygen atoms in total. The molecule has 1 aromatic heterocycles. The molecule has 0 fully saturated rings. The van der Waals surface area contributed by atoms with Gasteiger partial charge in [-0.25, -0.2) is 4.68 Å². The molecule has 0 aliphatic rings. The van der Waals surface area contributed by atoms with E-state index in [4.69, 9.17) is 0 Å². The molecule has 20 heavy (non-hydrogen) atoms. The van der Waals surface area contributed by atoms with Gasteiger partial charge in [-0.1, -0.05) is 24.3 Å². The maximum absolute atomic E-state index is 11.0. The Kier molecular flexibility index (Phi) is 4.62. The molecule has 2 rings (SSSR count). The molecule has 1 heterocycles. The Bertz CT molecular complexity index is 619. The van der Waals surface area contributed by atoms with Crippen molar-refractivity contribution in [1.29, 1.82) is 0 Å². The molecule has 0 aliphatic heterocycles. The first-order valence-electron chi connectivity index (χ1n) is 6.32. The van der Waals surface area contributed by atoms with Gasteiger partial charge in [-0.2, -0.15) is 5.10 Å². The van der Waals surface area contributed by atoms with Crippen molar-refractivity contribution < 1.29 is 4.92 Å². The molecule has 0 aliphatic carbocycles. The van der Waals surface area contributed by atoms with E-state index in [0.717, 1.165) is 18.5 Å². The summed E-state index contributed by atoms with van der Waals surface area (Å²) in [4.78, 5) is 10.6. The SMILES string of the molecule is CNCCC=Cc1cnn(-c2ccccc2[N+](=O)[O-])c1. The van der Waals surface area contributed by atoms with Gasteiger partial charge < -0.3 is 5.32 Å². The van der Waals surface area contributed by atoms with E-state index in [9.17, 15) is 10.1 Å². The Morgan fingerprint density at radius 3 is 3.00 bits per heavy atom. The number of aromatic nitrogens is 2. The lowest BCUT2D eigenvalue weighted by molar-refractivity contribution is -0.384. The fraction of sp³-hybridized carbons (Fsp3) is 0.214. The smallest absolute Gasteiger partial charge is 0.294 e. The van der Waals surface area contributed by atoms with Gasteiger partial charge in [0.05, 0.1) is 11.1 Å². The summed E-state index contributed by atoms with van der Waals surface area (Å²) < 4.78 is 1.52. The molecule has 0 bridgehead atoms. The van der Waals surface area contributed by atoms with E-state index in [0.29, 0.717) is 5.69 Å². The van der Waals surface area contributed by atoms with Crippen LogP contribution in [0.25, 0.3) is 11.8 Å². The molecule has 0 atom stereocenters. The van der Waals surface area contributed by atoms with Gasteiger partial charge >= 0.3 is 0 Å². The van der Waals surface area contributed by atoms with Gasteiger partial charge in [0.15, 0.2) is 0 Å². The number of para-hydroxylation sites is 2. The number of nitrogens with zero attached hydrogens (tertiary/aromatic N) is 3. The predicted molar refractivity (Wildman–Crippen MR) is 77.8 cm³/mol. The summed E-state index contributed by atoms with van der Waals surface area (Å²) in [6.45, 7) is 0.912. The number of nitro benzene ring substituents is 1. The highest BCUT2D eigenvalue weighted by Gasteiger charge is 2.14. The quantitative estimate of drug-likeness (QED) is 0.498. The molecule has 0 amide bonds. The van der Waals surface area contributed by atoms with Crippen LogP contribution in [0.1, 0.15) is 12.0 Å². The Morgan fingerprint density at radius 2 is 2.25 bits per heavy atom. The maximum Gasteiger partial charge on any atom is 0.294 e. The second-order valence-corrected chi connectivity index (χ2v) is 4.26. The predicted octanol–water partition coefficient (Wildman–Crippen LogP) is 2.40. The maximum atomic E-state index is 11.0. The highest BCUT2D eigenvalue weighted by molar-refractivity contribution is 5.54. The summed E-state index contributed by atoms with van der Waals surface area (Å²) in [7, 11) is 1.90. The van der Waals surface area contributed by atoms with Crippen molar-refractivity contribution in [2.45, 2.75) is 6.42 Å². The van der Waals surface area contributed by atoms with E-state index < -0.39 is 4.92 Å². The van der Waals surface area contributed by atoms with Crippen LogP contribution in [-0.2, 0) is 0 Å². The number of hydrogen-bond acceptors (Lipinski definition) is 4. The first-order chi connectivity index (χ1) is 9.72. The van der Waals surface area contributed by atoms with Gasteiger partial charge in [0.1, 0.15) is 5.69 Å². The van der Waals surface area contributed by atoms with E-state index in [1.165, 1.54) is 10.7 Å². The average Bonchev–Trinajstić information content (AvgIpc) is 2.92. The van der Waals surface area contributed by atoms with Crippen LogP contribution in [0.3, 0.4) is 0 Å². The Morgan fingerprint density at radius 1 is 1.45 bits per heavy atom. The van der Waals surface area contributed by atoms with Crippen LogP contribution in [0, 0.1) is 10.1 Å². The highest BCUT2D eigenvalue weighted by atomic mass is 16.6. The number of benzene rings is 1. The lowest BCUT2D eigenvalue weighted by atomic mass is 10.2. The number of rotatable bonds is 6. The first kappa shape index (κ1) is 14.0. The third-order valence-corrected chi connectivity index (χ3v) is 2.80. The fourth-order valence-corrected chi connectivity index (χ4v) is 1.81. The first-order valence-corrected chi connectivity index (χ1v) is 6.32. The lowest BCUT2D eigenvalue weighted by Crippen LogP contribution is -2.05. The standard InChI is InChI=1S/C14H16N4O2/c1-15-9-5-4-6-12-10-16-17(11-12)13-7-2-3-8-14(13)18(19)20/h2-4,6-8,10-11,15H,5,9H2,1H3. The van der Waals surface area contributed by atoms with Crippen LogP contribution in [0.5, 0.6) is 0 Å². The van der Waals surface area contributed by atoms with Crippen LogP contribution in [0.2, 0.25) is 0 Å². The van der Waals surface area contributed by atoms with E-state index in [-0.39, 0.29) is 5.69 Å². The van der Waals surface area contributed by atoms with Gasteiger partial charge in [0.2, 0.25) is 0 Å². The molecular formula is C14H16N4O2. The van der Waals surface area contributed by atoms with Crippen LogP contribution in [0.4, 0.5) is 5.69 Å². The zero-order valence-corrected chi connectivity index (χ0v) is 11.2. The third kappa shape index (κ3) is 3.30. The molecule has 0 saturated carbocycles. The van der Waals surface area contributed by atoms with Gasteiger partial charge in [0.25, 0.3) is 5.69 Å². The lowest BCUT2D eigenvalue weighted by Gasteiger charge is -2.01. The molecule has 0 radical (unpaired) electrons. The van der Waals surface area contributed by atoms with Gasteiger partial charge in [-0.05, 0) is 26.1 Å². The van der Waals surface area contributed by atoms with Crippen LogP contribution >= 0.6 is 0 Å². The minimum absolute atomic E-state index is 0.0429. The molecule has 0 unspecified atom stereocenters. The number of nitro groups is 1. The molecule has 1 aromatic carbocycles. The van der Waals surface area contributed by atoms with E-state index in [2.05, 4.69) is 10.4 Å². The van der Waals surface area contributed by atoms with Crippen molar-refractivity contribution in [1.82, 2.24) is 15.1 Å². The second-order valence-electron chi connectivity index (χ2n) is 4.26. The van der Waals surface area contributed by atoms with Crippen LogP contribution < -0.4 is 5.32 Å². The van der Waals surface area contributed by atoms with Gasteiger partial charge in [-0.3, -0.25) is 10.1 Å². The van der Waals surface area contributed by atoms with E-state index >= 15 is 0 Å². The summed E-state index contributed by atoms with van der Waals surface area (Å²) in [5, 5.41) is 18.2. The molecule has 1 N–H and O–H groups in total. The number of hydrogen-bond donors (Lipinski definition) is 1. The fourth-order valence-electron chi connectivity index (χ4n) is 1.81. The summed E-state index contributed by atoms with van der Waals surface area (Å²) >= 11 is 0. The Labute approximate surface area is 116 Å². The highest BCUT2D eigenvalue weighted by Crippen LogP contribution is 2.21. The van der Waals surface area contributed by atoms with Crippen molar-refractivity contribution in [3.63, 3.8) is 0 Å². The third-order valence-electron chi connectivity index (χ3n) is 2.80. The summed E-state index contributed by atoms with van der Waals surface area (Å²) in [6, 6.07) is 6.55. The van der Waals surface area contributed by atoms with E-state index in [1.54, 1.807) is 30.6 Å². The van der Waals surface area contributed by atoms with Crippen molar-refractivity contribution in [3.05, 3.63) is 58.4 Å². The van der Waals surface area contributed by atoms with E-state index in [1.807, 2.05) is 19.2 Å². The summed E-state index contributed by atoms with van der Waals surface area (Å²) in [6.07, 6.45) is 8.38. The Hall–Kier alpha value is -2.47. The topological polar surface area (TPSA) is 73.0 Å². The largest absolute Gasteiger partial charge is 0.319 e. The number of nitrogens with one attached hydrogen (secondary N) is 1. The van der Waals surface area contributed by atoms with Crippen molar-refractivity contribution in [2.24, 2.45) is 0 Å². The Balaban J connectivity index is 2.21. The van der Waals surface area contributed by atoms with Crippen LogP contribution in [-0.4, -0.2) is 28.3 Å². The zero-order valence-electron chi connectivity index (χ0n) is 11.2. The molecule has 0 spiro atoms. The van der Waals surface area contributed by atoms with Gasteiger partial charge in [-0.15, -0.1) is 0 Å². The molecule has 2 aromatic rings. The minimum Gasteiger partial charge on any atom is -0.319 e. The summed E-state index contributed by atoms with van der Waals surface area (Å²) in [5.41, 5.74) is 1.42. The second kappa shape index (κ2) is 6.63.